The molecule has 0 aromatic heterocycles. The van der Waals surface area contributed by atoms with Gasteiger partial charge in [-0.3, -0.25) is 19.2 Å². The first-order valence-corrected chi connectivity index (χ1v) is 19.5. The zero-order chi connectivity index (χ0) is 41.4. The lowest BCUT2D eigenvalue weighted by atomic mass is 9.89. The van der Waals surface area contributed by atoms with Gasteiger partial charge in [0, 0.05) is 69.0 Å². The Bertz CT molecular complexity index is 1370. The van der Waals surface area contributed by atoms with Crippen molar-refractivity contribution in [1.82, 2.24) is 30.2 Å². The maximum Gasteiger partial charge on any atom is 0.247 e. The van der Waals surface area contributed by atoms with Gasteiger partial charge in [0.1, 0.15) is 12.1 Å². The lowest BCUT2D eigenvalue weighted by Gasteiger charge is -2.40. The second kappa shape index (κ2) is 23.3. The van der Waals surface area contributed by atoms with E-state index in [9.17, 15) is 19.2 Å². The summed E-state index contributed by atoms with van der Waals surface area (Å²) >= 11 is 0. The fraction of sp³-hybridized carbons (Fsp3) is 0.725. The maximum absolute atomic E-state index is 14.3. The number of benzene rings is 1. The molecule has 3 unspecified atom stereocenters. The Hall–Kier alpha value is -3.79. The predicted octanol–water partition coefficient (Wildman–Crippen LogP) is 2.14. The number of ether oxygens (including phenoxy) is 2. The Morgan fingerprint density at radius 1 is 0.964 bits per heavy atom. The molecule has 1 aliphatic rings. The molecule has 1 saturated heterocycles. The normalized spacial score (nSPS) is 18.0. The summed E-state index contributed by atoms with van der Waals surface area (Å²) in [5, 5.41) is 5.70. The van der Waals surface area contributed by atoms with Gasteiger partial charge < -0.3 is 44.5 Å². The quantitative estimate of drug-likeness (QED) is 0.0728. The summed E-state index contributed by atoms with van der Waals surface area (Å²) in [4.78, 5) is 72.3. The van der Waals surface area contributed by atoms with Crippen molar-refractivity contribution < 1.29 is 33.5 Å². The van der Waals surface area contributed by atoms with E-state index in [4.69, 9.17) is 20.4 Å². The Morgan fingerprint density at radius 3 is 2.13 bits per heavy atom. The minimum absolute atomic E-state index is 0.0133. The number of carbonyl (C=O) groups excluding carboxylic acids is 4. The molecule has 55 heavy (non-hydrogen) atoms. The number of hydrogen-bond acceptors (Lipinski definition) is 9. The van der Waals surface area contributed by atoms with E-state index in [1.165, 1.54) is 0 Å². The van der Waals surface area contributed by atoms with Gasteiger partial charge in [0.2, 0.25) is 23.6 Å². The highest BCUT2D eigenvalue weighted by molar-refractivity contribution is 5.89. The highest BCUT2D eigenvalue weighted by atomic mass is 16.6. The minimum atomic E-state index is -0.855. The molecule has 1 fully saturated rings. The van der Waals surface area contributed by atoms with E-state index in [-0.39, 0.29) is 67.5 Å². The van der Waals surface area contributed by atoms with Crippen LogP contribution in [0, 0.1) is 17.8 Å². The maximum atomic E-state index is 14.3. The average molecular weight is 775 g/mol. The van der Waals surface area contributed by atoms with Crippen LogP contribution in [0.25, 0.3) is 0 Å². The van der Waals surface area contributed by atoms with Crippen molar-refractivity contribution in [3.63, 3.8) is 0 Å². The molecule has 8 atom stereocenters. The molecule has 0 spiro atoms. The van der Waals surface area contributed by atoms with E-state index in [2.05, 4.69) is 29.3 Å². The van der Waals surface area contributed by atoms with E-state index >= 15 is 0 Å². The second-order valence-corrected chi connectivity index (χ2v) is 15.4. The first-order valence-electron chi connectivity index (χ1n) is 19.5. The topological polar surface area (TPSA) is 171 Å². The molecule has 0 radical (unpaired) electrons. The summed E-state index contributed by atoms with van der Waals surface area (Å²) in [6, 6.07) is 7.16. The summed E-state index contributed by atoms with van der Waals surface area (Å²) in [5.74, 6) is 4.06. The van der Waals surface area contributed by atoms with Crippen molar-refractivity contribution in [2.24, 2.45) is 28.6 Å². The molecule has 1 aromatic carbocycles. The number of nitrogens with zero attached hydrogens (tertiary/aromatic N) is 5. The molecular weight excluding hydrogens is 704 g/mol. The fourth-order valence-corrected chi connectivity index (χ4v) is 7.48. The number of likely N-dealkylation sites (N-methyl/N-ethyl adjacent to an activating group) is 1. The Balaban J connectivity index is 2.31. The van der Waals surface area contributed by atoms with Gasteiger partial charge in [-0.25, -0.2) is 10.9 Å². The van der Waals surface area contributed by atoms with Crippen LogP contribution in [0.2, 0.25) is 0 Å². The number of nitrogens with two attached hydrogens (primary N) is 1. The third-order valence-corrected chi connectivity index (χ3v) is 10.6. The van der Waals surface area contributed by atoms with Gasteiger partial charge in [-0.15, -0.1) is 0 Å². The van der Waals surface area contributed by atoms with E-state index in [0.717, 1.165) is 18.4 Å². The molecule has 15 nitrogen and oxygen atoms in total. The number of carbonyl (C=O) groups is 4. The SMILES string of the molecule is CC[C@H](C)[C@@H]([C@@H](CC(=O)N1CCCC1[C@H](OC)[C@@H](C)C(=O)NC(Cc1ccccc1)C(=O)NCCON)OC)N(C)C(=O)C(N=C(N(C)C)N(C)C)C(C)C. The molecule has 0 saturated carbocycles. The lowest BCUT2D eigenvalue weighted by molar-refractivity contribution is -0.146. The molecular formula is C40H70N8O7. The third kappa shape index (κ3) is 13.4. The third-order valence-electron chi connectivity index (χ3n) is 10.6. The van der Waals surface area contributed by atoms with Gasteiger partial charge in [0.05, 0.1) is 43.2 Å². The Kier molecular flexibility index (Phi) is 20.1. The van der Waals surface area contributed by atoms with E-state index < -0.39 is 36.3 Å². The largest absolute Gasteiger partial charge is 0.379 e. The van der Waals surface area contributed by atoms with E-state index in [1.807, 2.05) is 82.2 Å². The summed E-state index contributed by atoms with van der Waals surface area (Å²) in [7, 11) is 12.5. The fourth-order valence-electron chi connectivity index (χ4n) is 7.48. The highest BCUT2D eigenvalue weighted by Gasteiger charge is 2.43. The molecule has 1 aliphatic heterocycles. The number of rotatable bonds is 21. The highest BCUT2D eigenvalue weighted by Crippen LogP contribution is 2.30. The van der Waals surface area contributed by atoms with Crippen LogP contribution >= 0.6 is 0 Å². The first kappa shape index (κ1) is 47.4. The number of guanidine groups is 1. The summed E-state index contributed by atoms with van der Waals surface area (Å²) in [5.41, 5.74) is 0.886. The Labute approximate surface area is 329 Å². The van der Waals surface area contributed by atoms with Crippen molar-refractivity contribution in [3.8, 4) is 0 Å². The first-order chi connectivity index (χ1) is 26.0. The molecule has 1 aromatic rings. The predicted molar refractivity (Wildman–Crippen MR) is 215 cm³/mol. The second-order valence-electron chi connectivity index (χ2n) is 15.4. The standard InChI is InChI=1S/C40H70N8O7/c1-13-27(4)35(47(10)39(52)34(26(2)3)44-40(45(6)7)46(8)9)32(53-11)25-33(49)48-22-17-20-31(48)36(54-12)28(5)37(50)43-30(38(51)42-21-23-55-41)24-29-18-15-14-16-19-29/h14-16,18-19,26-28,30-32,34-36H,13,17,20-25,41H2,1-12H3,(H,42,51)(H,43,50)/t27-,28+,30?,31?,32+,34?,35-,36+/m0/s1. The summed E-state index contributed by atoms with van der Waals surface area (Å²) < 4.78 is 12.0. The van der Waals surface area contributed by atoms with Gasteiger partial charge in [-0.05, 0) is 30.2 Å². The van der Waals surface area contributed by atoms with Crippen molar-refractivity contribution in [1.29, 1.82) is 0 Å². The summed E-state index contributed by atoms with van der Waals surface area (Å²) in [6.07, 6.45) is 1.24. The lowest BCUT2D eigenvalue weighted by Crippen LogP contribution is -2.55. The number of likely N-dealkylation sites (tertiary alicyclic amines) is 1. The van der Waals surface area contributed by atoms with Gasteiger partial charge >= 0.3 is 0 Å². The molecule has 312 valence electrons. The van der Waals surface area contributed by atoms with Crippen LogP contribution in [0.1, 0.15) is 65.9 Å². The Morgan fingerprint density at radius 2 is 1.60 bits per heavy atom. The zero-order valence-corrected chi connectivity index (χ0v) is 35.4. The van der Waals surface area contributed by atoms with Gasteiger partial charge in [-0.2, -0.15) is 0 Å². The van der Waals surface area contributed by atoms with E-state index in [1.54, 1.807) is 38.0 Å². The molecule has 0 aliphatic carbocycles. The monoisotopic (exact) mass is 775 g/mol. The van der Waals surface area contributed by atoms with Crippen LogP contribution in [0.5, 0.6) is 0 Å². The van der Waals surface area contributed by atoms with Crippen molar-refractivity contribution in [2.75, 3.05) is 69.2 Å². The number of amides is 4. The average Bonchev–Trinajstić information content (AvgIpc) is 3.64. The molecule has 2 rings (SSSR count). The molecule has 4 N–H and O–H groups in total. The van der Waals surface area contributed by atoms with Crippen LogP contribution in [0.4, 0.5) is 0 Å². The van der Waals surface area contributed by atoms with Gasteiger partial charge in [0.25, 0.3) is 0 Å². The smallest absolute Gasteiger partial charge is 0.247 e. The molecule has 1 heterocycles. The molecule has 4 amide bonds. The zero-order valence-electron chi connectivity index (χ0n) is 35.4. The van der Waals surface area contributed by atoms with Gasteiger partial charge in [0.15, 0.2) is 5.96 Å². The number of nitrogens with one attached hydrogen (secondary N) is 2. The molecule has 15 heteroatoms. The van der Waals surface area contributed by atoms with Crippen LogP contribution in [-0.4, -0.2) is 155 Å². The van der Waals surface area contributed by atoms with E-state index in [0.29, 0.717) is 18.9 Å². The minimum Gasteiger partial charge on any atom is -0.379 e. The number of methoxy groups -OCH3 is 2. The number of aliphatic imine (C=N–C) groups is 1. The van der Waals surface area contributed by atoms with Gasteiger partial charge in [-0.1, -0.05) is 71.4 Å². The molecule has 0 bridgehead atoms. The van der Waals surface area contributed by atoms with Crippen molar-refractivity contribution in [3.05, 3.63) is 35.9 Å². The van der Waals surface area contributed by atoms with Crippen molar-refractivity contribution in [2.45, 2.75) is 103 Å². The van der Waals surface area contributed by atoms with Crippen LogP contribution in [-0.2, 0) is 39.9 Å². The number of hydrogen-bond donors (Lipinski definition) is 3. The van der Waals surface area contributed by atoms with Crippen LogP contribution in [0.15, 0.2) is 35.3 Å². The summed E-state index contributed by atoms with van der Waals surface area (Å²) in [6.45, 7) is 10.7. The van der Waals surface area contributed by atoms with Crippen LogP contribution < -0.4 is 16.5 Å². The van der Waals surface area contributed by atoms with Crippen LogP contribution in [0.3, 0.4) is 0 Å². The van der Waals surface area contributed by atoms with Crippen molar-refractivity contribution >= 4 is 29.6 Å².